The van der Waals surface area contributed by atoms with Gasteiger partial charge in [-0.15, -0.1) is 22.9 Å². The van der Waals surface area contributed by atoms with Crippen LogP contribution in [0.5, 0.6) is 0 Å². The zero-order chi connectivity index (χ0) is 21.4. The first-order chi connectivity index (χ1) is 13.8. The Morgan fingerprint density at radius 1 is 1.03 bits per heavy atom. The molecule has 0 aliphatic carbocycles. The number of rotatable bonds is 10. The first-order valence-electron chi connectivity index (χ1n) is 9.99. The van der Waals surface area contributed by atoms with Gasteiger partial charge in [-0.2, -0.15) is 0 Å². The smallest absolute Gasteiger partial charge is 0.242 e. The van der Waals surface area contributed by atoms with Crippen LogP contribution in [-0.2, 0) is 22.7 Å². The van der Waals surface area contributed by atoms with Crippen molar-refractivity contribution in [2.75, 3.05) is 19.0 Å². The van der Waals surface area contributed by atoms with E-state index in [2.05, 4.69) is 19.1 Å². The summed E-state index contributed by atoms with van der Waals surface area (Å²) in [5.41, 5.74) is 0.384. The number of aryl methyl sites for hydroxylation is 1. The van der Waals surface area contributed by atoms with Gasteiger partial charge < -0.3 is 9.80 Å². The van der Waals surface area contributed by atoms with E-state index in [1.165, 1.54) is 4.88 Å². The van der Waals surface area contributed by atoms with Gasteiger partial charge in [-0.05, 0) is 44.9 Å². The Hall–Kier alpha value is -1.85. The van der Waals surface area contributed by atoms with E-state index in [4.69, 9.17) is 11.6 Å². The summed E-state index contributed by atoms with van der Waals surface area (Å²) in [5, 5.41) is 0. The van der Waals surface area contributed by atoms with Gasteiger partial charge in [0.25, 0.3) is 0 Å². The number of amides is 2. The highest BCUT2D eigenvalue weighted by molar-refractivity contribution is 7.11. The summed E-state index contributed by atoms with van der Waals surface area (Å²) in [6.45, 7) is 9.40. The Kier molecular flexibility index (Phi) is 8.72. The number of thiophene rings is 1. The van der Waals surface area contributed by atoms with Gasteiger partial charge in [0.1, 0.15) is 0 Å². The van der Waals surface area contributed by atoms with Crippen molar-refractivity contribution in [1.82, 2.24) is 9.80 Å². The number of hydrogen-bond acceptors (Lipinski definition) is 3. The van der Waals surface area contributed by atoms with Crippen LogP contribution in [0.4, 0.5) is 0 Å². The van der Waals surface area contributed by atoms with Crippen LogP contribution in [-0.4, -0.2) is 40.6 Å². The topological polar surface area (TPSA) is 40.6 Å². The molecule has 0 unspecified atom stereocenters. The van der Waals surface area contributed by atoms with E-state index in [-0.39, 0.29) is 24.2 Å². The molecule has 158 valence electrons. The number of hydrogen-bond donors (Lipinski definition) is 0. The molecule has 2 amide bonds. The van der Waals surface area contributed by atoms with E-state index >= 15 is 0 Å². The summed E-state index contributed by atoms with van der Waals surface area (Å²) in [6, 6.07) is 14.1. The monoisotopic (exact) mass is 434 g/mol. The average molecular weight is 435 g/mol. The second-order valence-electron chi connectivity index (χ2n) is 7.99. The quantitative estimate of drug-likeness (QED) is 0.488. The maximum Gasteiger partial charge on any atom is 0.242 e. The molecule has 0 aliphatic heterocycles. The summed E-state index contributed by atoms with van der Waals surface area (Å²) in [5.74, 6) is 0.101. The molecule has 0 N–H and O–H groups in total. The largest absolute Gasteiger partial charge is 0.333 e. The molecule has 1 aromatic carbocycles. The zero-order valence-electron chi connectivity index (χ0n) is 17.8. The minimum absolute atomic E-state index is 0.0490. The molecule has 4 nitrogen and oxygen atoms in total. The molecule has 1 aromatic heterocycles. The number of benzene rings is 1. The predicted octanol–water partition coefficient (Wildman–Crippen LogP) is 5.09. The van der Waals surface area contributed by atoms with Gasteiger partial charge in [0.05, 0.1) is 18.5 Å². The highest BCUT2D eigenvalue weighted by Crippen LogP contribution is 2.22. The molecule has 1 heterocycles. The summed E-state index contributed by atoms with van der Waals surface area (Å²) in [4.78, 5) is 32.1. The third kappa shape index (κ3) is 6.86. The van der Waals surface area contributed by atoms with Gasteiger partial charge in [0, 0.05) is 28.7 Å². The fourth-order valence-corrected chi connectivity index (χ4v) is 4.09. The van der Waals surface area contributed by atoms with Crippen molar-refractivity contribution >= 4 is 34.8 Å². The van der Waals surface area contributed by atoms with E-state index in [0.29, 0.717) is 19.6 Å². The van der Waals surface area contributed by atoms with Crippen molar-refractivity contribution in [3.05, 3.63) is 57.8 Å². The van der Waals surface area contributed by atoms with Gasteiger partial charge in [0.2, 0.25) is 11.8 Å². The Bertz CT molecular complexity index is 804. The number of halogens is 1. The second-order valence-corrected chi connectivity index (χ2v) is 9.63. The molecule has 0 radical (unpaired) electrons. The standard InChI is InChI=1S/C23H31ClN2O2S/c1-5-13-25(22(28)23(3,4)17-24)16-21(27)26(14-19-9-7-6-8-10-19)15-20-12-11-18(2)29-20/h6-12H,5,13-17H2,1-4H3. The second kappa shape index (κ2) is 10.8. The number of carbonyl (C=O) groups is 2. The van der Waals surface area contributed by atoms with Crippen LogP contribution >= 0.6 is 22.9 Å². The van der Waals surface area contributed by atoms with Crippen LogP contribution in [0.3, 0.4) is 0 Å². The molecule has 0 saturated heterocycles. The summed E-state index contributed by atoms with van der Waals surface area (Å²) >= 11 is 7.70. The lowest BCUT2D eigenvalue weighted by molar-refractivity contribution is -0.145. The number of carbonyl (C=O) groups excluding carboxylic acids is 2. The molecular weight excluding hydrogens is 404 g/mol. The summed E-state index contributed by atoms with van der Waals surface area (Å²) < 4.78 is 0. The minimum Gasteiger partial charge on any atom is -0.333 e. The van der Waals surface area contributed by atoms with Crippen molar-refractivity contribution in [2.24, 2.45) is 5.41 Å². The molecule has 29 heavy (non-hydrogen) atoms. The molecule has 0 bridgehead atoms. The van der Waals surface area contributed by atoms with Crippen LogP contribution in [0.1, 0.15) is 42.5 Å². The Morgan fingerprint density at radius 3 is 2.28 bits per heavy atom. The molecule has 2 aromatic rings. The lowest BCUT2D eigenvalue weighted by Gasteiger charge is -2.32. The van der Waals surface area contributed by atoms with Crippen LogP contribution < -0.4 is 0 Å². The lowest BCUT2D eigenvalue weighted by Crippen LogP contribution is -2.47. The fourth-order valence-electron chi connectivity index (χ4n) is 3.07. The number of alkyl halides is 1. The van der Waals surface area contributed by atoms with Crippen molar-refractivity contribution in [1.29, 1.82) is 0 Å². The molecule has 0 atom stereocenters. The van der Waals surface area contributed by atoms with Gasteiger partial charge in [-0.1, -0.05) is 37.3 Å². The predicted molar refractivity (Wildman–Crippen MR) is 121 cm³/mol. The first-order valence-corrected chi connectivity index (χ1v) is 11.3. The van der Waals surface area contributed by atoms with Gasteiger partial charge in [-0.25, -0.2) is 0 Å². The third-order valence-electron chi connectivity index (χ3n) is 4.73. The molecule has 2 rings (SSSR count). The van der Waals surface area contributed by atoms with E-state index in [1.54, 1.807) is 16.2 Å². The highest BCUT2D eigenvalue weighted by atomic mass is 35.5. The SMILES string of the molecule is CCCN(CC(=O)N(Cc1ccccc1)Cc1ccc(C)s1)C(=O)C(C)(C)CCl. The maximum atomic E-state index is 13.3. The summed E-state index contributed by atoms with van der Waals surface area (Å²) in [7, 11) is 0. The van der Waals surface area contributed by atoms with Crippen molar-refractivity contribution in [3.8, 4) is 0 Å². The van der Waals surface area contributed by atoms with E-state index in [0.717, 1.165) is 16.9 Å². The Balaban J connectivity index is 2.20. The molecule has 6 heteroatoms. The van der Waals surface area contributed by atoms with Gasteiger partial charge in [-0.3, -0.25) is 9.59 Å². The van der Waals surface area contributed by atoms with Crippen LogP contribution in [0.25, 0.3) is 0 Å². The molecule has 0 spiro atoms. The minimum atomic E-state index is -0.688. The summed E-state index contributed by atoms with van der Waals surface area (Å²) in [6.07, 6.45) is 0.792. The van der Waals surface area contributed by atoms with E-state index in [9.17, 15) is 9.59 Å². The zero-order valence-corrected chi connectivity index (χ0v) is 19.4. The van der Waals surface area contributed by atoms with Crippen molar-refractivity contribution < 1.29 is 9.59 Å². The fraction of sp³-hybridized carbons (Fsp3) is 0.478. The Labute approximate surface area is 183 Å². The number of nitrogens with zero attached hydrogens (tertiary/aromatic N) is 2. The van der Waals surface area contributed by atoms with Crippen LogP contribution in [0, 0.1) is 12.3 Å². The molecule has 0 fully saturated rings. The van der Waals surface area contributed by atoms with Gasteiger partial charge in [0.15, 0.2) is 0 Å². The van der Waals surface area contributed by atoms with E-state index < -0.39 is 5.41 Å². The average Bonchev–Trinajstić information content (AvgIpc) is 3.12. The van der Waals surface area contributed by atoms with Crippen molar-refractivity contribution in [2.45, 2.75) is 47.2 Å². The molecule has 0 saturated carbocycles. The normalized spacial score (nSPS) is 11.3. The van der Waals surface area contributed by atoms with Crippen molar-refractivity contribution in [3.63, 3.8) is 0 Å². The molecule has 0 aliphatic rings. The van der Waals surface area contributed by atoms with Gasteiger partial charge >= 0.3 is 0 Å². The molecular formula is C23H31ClN2O2S. The first kappa shape index (κ1) is 23.4. The van der Waals surface area contributed by atoms with Crippen LogP contribution in [0.15, 0.2) is 42.5 Å². The lowest BCUT2D eigenvalue weighted by atomic mass is 9.94. The Morgan fingerprint density at radius 2 is 1.72 bits per heavy atom. The van der Waals surface area contributed by atoms with Crippen LogP contribution in [0.2, 0.25) is 0 Å². The maximum absolute atomic E-state index is 13.3. The van der Waals surface area contributed by atoms with E-state index in [1.807, 2.05) is 56.0 Å². The third-order valence-corrected chi connectivity index (χ3v) is 6.39. The highest BCUT2D eigenvalue weighted by Gasteiger charge is 2.32.